The molecule has 1 aromatic carbocycles. The van der Waals surface area contributed by atoms with Gasteiger partial charge in [0.05, 0.1) is 10.6 Å². The number of nitrogens with two attached hydrogens (primary N) is 1. The van der Waals surface area contributed by atoms with Gasteiger partial charge in [-0.15, -0.1) is 0 Å². The van der Waals surface area contributed by atoms with E-state index in [0.717, 1.165) is 18.2 Å². The van der Waals surface area contributed by atoms with E-state index in [1.54, 1.807) is 12.1 Å². The van der Waals surface area contributed by atoms with Crippen molar-refractivity contribution in [2.24, 2.45) is 11.7 Å². The van der Waals surface area contributed by atoms with Crippen molar-refractivity contribution in [3.8, 4) is 0 Å². The number of carbonyl (C=O) groups excluding carboxylic acids is 1. The number of benzene rings is 1. The summed E-state index contributed by atoms with van der Waals surface area (Å²) in [6, 6.07) is 5.84. The van der Waals surface area contributed by atoms with Crippen LogP contribution in [0.15, 0.2) is 18.2 Å². The molecule has 102 valence electrons. The van der Waals surface area contributed by atoms with E-state index >= 15 is 0 Å². The van der Waals surface area contributed by atoms with E-state index in [1.807, 2.05) is 6.07 Å². The van der Waals surface area contributed by atoms with Crippen molar-refractivity contribution >= 4 is 23.2 Å². The van der Waals surface area contributed by atoms with Gasteiger partial charge in [-0.3, -0.25) is 4.79 Å². The third kappa shape index (κ3) is 2.55. The standard InChI is InChI=1S/C14H18ClN3O/c15-12-7-10(1-2-11(12)14(16)19)17-13-8-18-5-3-9(13)4-6-18/h1-2,7,9,13,17H,3-6,8H2,(H2,16,19). The van der Waals surface area contributed by atoms with E-state index in [2.05, 4.69) is 10.2 Å². The molecule has 3 heterocycles. The summed E-state index contributed by atoms with van der Waals surface area (Å²) in [5, 5.41) is 3.96. The maximum atomic E-state index is 11.1. The molecule has 0 aliphatic carbocycles. The Morgan fingerprint density at radius 1 is 1.37 bits per heavy atom. The molecule has 1 atom stereocenters. The van der Waals surface area contributed by atoms with Gasteiger partial charge in [0.1, 0.15) is 0 Å². The van der Waals surface area contributed by atoms with Crippen molar-refractivity contribution in [2.75, 3.05) is 25.0 Å². The van der Waals surface area contributed by atoms with E-state index in [0.29, 0.717) is 16.6 Å². The van der Waals surface area contributed by atoms with Gasteiger partial charge in [-0.05, 0) is 50.0 Å². The highest BCUT2D eigenvalue weighted by Crippen LogP contribution is 2.30. The van der Waals surface area contributed by atoms with Gasteiger partial charge in [-0.1, -0.05) is 11.6 Å². The van der Waals surface area contributed by atoms with Gasteiger partial charge >= 0.3 is 0 Å². The third-order valence-corrected chi connectivity index (χ3v) is 4.56. The number of halogens is 1. The molecule has 3 aliphatic rings. The van der Waals surface area contributed by atoms with Gasteiger partial charge in [-0.2, -0.15) is 0 Å². The third-order valence-electron chi connectivity index (χ3n) is 4.24. The molecule has 5 heteroatoms. The van der Waals surface area contributed by atoms with Crippen molar-refractivity contribution in [1.82, 2.24) is 4.90 Å². The smallest absolute Gasteiger partial charge is 0.250 e. The molecule has 3 aliphatic heterocycles. The van der Waals surface area contributed by atoms with Crippen LogP contribution < -0.4 is 11.1 Å². The van der Waals surface area contributed by atoms with Crippen LogP contribution in [0.4, 0.5) is 5.69 Å². The summed E-state index contributed by atoms with van der Waals surface area (Å²) < 4.78 is 0. The lowest BCUT2D eigenvalue weighted by Gasteiger charge is -2.45. The predicted octanol–water partition coefficient (Wildman–Crippen LogP) is 1.94. The Morgan fingerprint density at radius 3 is 2.63 bits per heavy atom. The van der Waals surface area contributed by atoms with E-state index in [-0.39, 0.29) is 0 Å². The Labute approximate surface area is 117 Å². The average Bonchev–Trinajstić information content (AvgIpc) is 2.39. The fourth-order valence-electron chi connectivity index (χ4n) is 3.15. The predicted molar refractivity (Wildman–Crippen MR) is 76.5 cm³/mol. The van der Waals surface area contributed by atoms with E-state index in [4.69, 9.17) is 17.3 Å². The first-order valence-corrected chi connectivity index (χ1v) is 7.09. The minimum atomic E-state index is -0.487. The van der Waals surface area contributed by atoms with Crippen LogP contribution in [-0.4, -0.2) is 36.5 Å². The molecule has 0 saturated carbocycles. The number of anilines is 1. The maximum absolute atomic E-state index is 11.1. The molecule has 4 nitrogen and oxygen atoms in total. The zero-order valence-electron chi connectivity index (χ0n) is 10.7. The van der Waals surface area contributed by atoms with Gasteiger partial charge < -0.3 is 16.0 Å². The largest absolute Gasteiger partial charge is 0.381 e. The highest BCUT2D eigenvalue weighted by atomic mass is 35.5. The second-order valence-corrected chi connectivity index (χ2v) is 5.85. The van der Waals surface area contributed by atoms with Crippen LogP contribution in [0.2, 0.25) is 5.02 Å². The lowest BCUT2D eigenvalue weighted by atomic mass is 9.84. The van der Waals surface area contributed by atoms with Crippen LogP contribution in [-0.2, 0) is 0 Å². The van der Waals surface area contributed by atoms with Crippen LogP contribution in [0.25, 0.3) is 0 Å². The number of nitrogens with zero attached hydrogens (tertiary/aromatic N) is 1. The molecule has 3 saturated heterocycles. The van der Waals surface area contributed by atoms with Crippen LogP contribution in [0.1, 0.15) is 23.2 Å². The van der Waals surface area contributed by atoms with Gasteiger partial charge in [0.15, 0.2) is 0 Å². The number of primary amides is 1. The molecule has 2 bridgehead atoms. The van der Waals surface area contributed by atoms with Gasteiger partial charge in [0.2, 0.25) is 5.91 Å². The molecular formula is C14H18ClN3O. The monoisotopic (exact) mass is 279 g/mol. The van der Waals surface area contributed by atoms with E-state index in [9.17, 15) is 4.79 Å². The Hall–Kier alpha value is -1.26. The number of fused-ring (bicyclic) bond motifs is 3. The Morgan fingerprint density at radius 2 is 2.11 bits per heavy atom. The van der Waals surface area contributed by atoms with Crippen LogP contribution in [0.3, 0.4) is 0 Å². The summed E-state index contributed by atoms with van der Waals surface area (Å²) in [5.41, 5.74) is 6.59. The molecule has 1 aromatic rings. The molecule has 0 aromatic heterocycles. The zero-order chi connectivity index (χ0) is 13.4. The fraction of sp³-hybridized carbons (Fsp3) is 0.500. The lowest BCUT2D eigenvalue weighted by molar-refractivity contribution is 0.0975. The number of carbonyl (C=O) groups is 1. The number of amides is 1. The Kier molecular flexibility index (Phi) is 3.37. The summed E-state index contributed by atoms with van der Waals surface area (Å²) in [6.45, 7) is 3.55. The normalized spacial score (nSPS) is 29.2. The Balaban J connectivity index is 1.73. The maximum Gasteiger partial charge on any atom is 0.250 e. The number of hydrogen-bond donors (Lipinski definition) is 2. The summed E-state index contributed by atoms with van der Waals surface area (Å²) in [4.78, 5) is 13.6. The number of piperidine rings is 3. The molecule has 3 fully saturated rings. The molecule has 3 N–H and O–H groups in total. The van der Waals surface area contributed by atoms with Crippen molar-refractivity contribution in [1.29, 1.82) is 0 Å². The van der Waals surface area contributed by atoms with E-state index in [1.165, 1.54) is 25.9 Å². The molecule has 19 heavy (non-hydrogen) atoms. The minimum Gasteiger partial charge on any atom is -0.381 e. The first-order chi connectivity index (χ1) is 9.13. The van der Waals surface area contributed by atoms with Crippen LogP contribution in [0.5, 0.6) is 0 Å². The summed E-state index contributed by atoms with van der Waals surface area (Å²) in [6.07, 6.45) is 2.54. The summed E-state index contributed by atoms with van der Waals surface area (Å²) in [5.74, 6) is 0.263. The second kappa shape index (κ2) is 5.02. The Bertz CT molecular complexity index is 497. The van der Waals surface area contributed by atoms with Gasteiger partial charge in [0.25, 0.3) is 0 Å². The quantitative estimate of drug-likeness (QED) is 0.889. The summed E-state index contributed by atoms with van der Waals surface area (Å²) in [7, 11) is 0. The second-order valence-electron chi connectivity index (χ2n) is 5.45. The van der Waals surface area contributed by atoms with Crippen LogP contribution in [0, 0.1) is 5.92 Å². The highest BCUT2D eigenvalue weighted by molar-refractivity contribution is 6.34. The number of rotatable bonds is 3. The SMILES string of the molecule is NC(=O)c1ccc(NC2CN3CCC2CC3)cc1Cl. The zero-order valence-corrected chi connectivity index (χ0v) is 11.5. The van der Waals surface area contributed by atoms with Crippen molar-refractivity contribution in [3.63, 3.8) is 0 Å². The molecule has 4 rings (SSSR count). The van der Waals surface area contributed by atoms with Gasteiger partial charge in [0, 0.05) is 18.3 Å². The molecule has 1 unspecified atom stereocenters. The molecule has 1 amide bonds. The highest BCUT2D eigenvalue weighted by Gasteiger charge is 2.33. The molecule has 0 spiro atoms. The number of hydrogen-bond acceptors (Lipinski definition) is 3. The van der Waals surface area contributed by atoms with Crippen molar-refractivity contribution < 1.29 is 4.79 Å². The van der Waals surface area contributed by atoms with Gasteiger partial charge in [-0.25, -0.2) is 0 Å². The van der Waals surface area contributed by atoms with Crippen molar-refractivity contribution in [3.05, 3.63) is 28.8 Å². The molecular weight excluding hydrogens is 262 g/mol. The van der Waals surface area contributed by atoms with Crippen LogP contribution >= 0.6 is 11.6 Å². The van der Waals surface area contributed by atoms with E-state index < -0.39 is 5.91 Å². The lowest BCUT2D eigenvalue weighted by Crippen LogP contribution is -2.53. The summed E-state index contributed by atoms with van der Waals surface area (Å²) >= 11 is 6.07. The van der Waals surface area contributed by atoms with Crippen molar-refractivity contribution in [2.45, 2.75) is 18.9 Å². The average molecular weight is 280 g/mol. The topological polar surface area (TPSA) is 58.4 Å². The number of nitrogens with one attached hydrogen (secondary N) is 1. The first-order valence-electron chi connectivity index (χ1n) is 6.72. The first kappa shape index (κ1) is 12.8. The molecule has 0 radical (unpaired) electrons. The minimum absolute atomic E-state index is 0.376. The fourth-order valence-corrected chi connectivity index (χ4v) is 3.42.